The van der Waals surface area contributed by atoms with E-state index < -0.39 is 26.7 Å². The molecule has 0 radical (unpaired) electrons. The number of sulfone groups is 1. The van der Waals surface area contributed by atoms with Gasteiger partial charge in [-0.1, -0.05) is 12.1 Å². The SMILES string of the molecule is CNc1cccc(-c2nnc(CS(=O)(=O)[C@@H](C)Cc3ncc(F)cn3)n2-c2c(OC)cccc2OC)n1. The van der Waals surface area contributed by atoms with Crippen LogP contribution in [-0.2, 0) is 22.0 Å². The second kappa shape index (κ2) is 10.9. The molecule has 194 valence electrons. The molecule has 0 saturated carbocycles. The Morgan fingerprint density at radius 3 is 2.30 bits per heavy atom. The van der Waals surface area contributed by atoms with Gasteiger partial charge in [0.15, 0.2) is 27.3 Å². The predicted octanol–water partition coefficient (Wildman–Crippen LogP) is 2.86. The molecule has 3 heterocycles. The normalized spacial score (nSPS) is 12.2. The lowest BCUT2D eigenvalue weighted by Gasteiger charge is -2.18. The maximum atomic E-state index is 13.4. The molecule has 3 aromatic heterocycles. The average molecular weight is 528 g/mol. The molecule has 0 aliphatic carbocycles. The van der Waals surface area contributed by atoms with Crippen LogP contribution >= 0.6 is 0 Å². The van der Waals surface area contributed by atoms with Crippen LogP contribution in [0, 0.1) is 5.82 Å². The Morgan fingerprint density at radius 2 is 1.68 bits per heavy atom. The van der Waals surface area contributed by atoms with Gasteiger partial charge in [-0.2, -0.15) is 0 Å². The zero-order valence-electron chi connectivity index (χ0n) is 20.7. The molecular weight excluding hydrogens is 501 g/mol. The number of halogens is 1. The first-order valence-corrected chi connectivity index (χ1v) is 13.0. The number of nitrogens with one attached hydrogen (secondary N) is 1. The number of hydrogen-bond donors (Lipinski definition) is 1. The summed E-state index contributed by atoms with van der Waals surface area (Å²) in [4.78, 5) is 12.3. The molecule has 0 aliphatic rings. The van der Waals surface area contributed by atoms with Gasteiger partial charge in [0.2, 0.25) is 0 Å². The zero-order valence-corrected chi connectivity index (χ0v) is 21.5. The fourth-order valence-corrected chi connectivity index (χ4v) is 4.95. The van der Waals surface area contributed by atoms with Crippen molar-refractivity contribution in [3.63, 3.8) is 0 Å². The Balaban J connectivity index is 1.82. The number of benzene rings is 1. The Labute approximate surface area is 213 Å². The molecular formula is C24H26FN7O4S. The summed E-state index contributed by atoms with van der Waals surface area (Å²) in [7, 11) is 0.963. The van der Waals surface area contributed by atoms with E-state index in [0.717, 1.165) is 12.4 Å². The number of pyridine rings is 1. The molecule has 0 aliphatic heterocycles. The van der Waals surface area contributed by atoms with Crippen molar-refractivity contribution >= 4 is 15.7 Å². The molecule has 1 atom stereocenters. The van der Waals surface area contributed by atoms with Crippen LogP contribution in [0.4, 0.5) is 10.2 Å². The topological polar surface area (TPSA) is 134 Å². The van der Waals surface area contributed by atoms with Crippen LogP contribution in [0.5, 0.6) is 11.5 Å². The number of ether oxygens (including phenoxy) is 2. The van der Waals surface area contributed by atoms with Crippen LogP contribution in [0.1, 0.15) is 18.6 Å². The molecule has 13 heteroatoms. The highest BCUT2D eigenvalue weighted by atomic mass is 32.2. The molecule has 0 fully saturated rings. The Kier molecular flexibility index (Phi) is 7.62. The van der Waals surface area contributed by atoms with Crippen molar-refractivity contribution in [2.75, 3.05) is 26.6 Å². The Bertz CT molecular complexity index is 1470. The van der Waals surface area contributed by atoms with Gasteiger partial charge >= 0.3 is 0 Å². The quantitative estimate of drug-likeness (QED) is 0.328. The van der Waals surface area contributed by atoms with E-state index in [2.05, 4.69) is 30.5 Å². The van der Waals surface area contributed by atoms with Gasteiger partial charge < -0.3 is 14.8 Å². The van der Waals surface area contributed by atoms with Crippen molar-refractivity contribution < 1.29 is 22.3 Å². The fraction of sp³-hybridized carbons (Fsp3) is 0.292. The maximum absolute atomic E-state index is 13.4. The summed E-state index contributed by atoms with van der Waals surface area (Å²) in [6.45, 7) is 1.55. The third-order valence-corrected chi connectivity index (χ3v) is 7.73. The summed E-state index contributed by atoms with van der Waals surface area (Å²) in [5.74, 6) is 1.07. The summed E-state index contributed by atoms with van der Waals surface area (Å²) >= 11 is 0. The molecule has 1 N–H and O–H groups in total. The van der Waals surface area contributed by atoms with Crippen molar-refractivity contribution in [2.24, 2.45) is 0 Å². The molecule has 37 heavy (non-hydrogen) atoms. The highest BCUT2D eigenvalue weighted by molar-refractivity contribution is 7.91. The smallest absolute Gasteiger partial charge is 0.187 e. The standard InChI is InChI=1S/C24H26FN7O4S/c1-15(11-21-27-12-16(25)13-28-21)37(33,34)14-22-30-31-24(17-7-5-10-20(26-2)29-17)32(22)23-18(35-3)8-6-9-19(23)36-4/h5-10,12-13,15H,11,14H2,1-4H3,(H,26,29)/t15-/m0/s1. The van der Waals surface area contributed by atoms with Crippen molar-refractivity contribution in [1.29, 1.82) is 0 Å². The fourth-order valence-electron chi connectivity index (χ4n) is 3.71. The summed E-state index contributed by atoms with van der Waals surface area (Å²) in [6.07, 6.45) is 2.02. The number of anilines is 1. The number of methoxy groups -OCH3 is 2. The first-order valence-electron chi connectivity index (χ1n) is 11.3. The van der Waals surface area contributed by atoms with E-state index in [1.54, 1.807) is 54.9 Å². The van der Waals surface area contributed by atoms with E-state index in [4.69, 9.17) is 9.47 Å². The molecule has 4 aromatic rings. The van der Waals surface area contributed by atoms with E-state index >= 15 is 0 Å². The van der Waals surface area contributed by atoms with E-state index in [1.807, 2.05) is 0 Å². The summed E-state index contributed by atoms with van der Waals surface area (Å²) in [6, 6.07) is 10.5. The van der Waals surface area contributed by atoms with Gasteiger partial charge in [-0.3, -0.25) is 4.57 Å². The Hall–Kier alpha value is -4.13. The highest BCUT2D eigenvalue weighted by Gasteiger charge is 2.29. The highest BCUT2D eigenvalue weighted by Crippen LogP contribution is 2.36. The number of rotatable bonds is 10. The molecule has 0 amide bonds. The van der Waals surface area contributed by atoms with Gasteiger partial charge in [0.25, 0.3) is 0 Å². The van der Waals surface area contributed by atoms with Gasteiger partial charge in [0, 0.05) is 13.5 Å². The summed E-state index contributed by atoms with van der Waals surface area (Å²) in [5.41, 5.74) is 0.896. The number of hydrogen-bond acceptors (Lipinski definition) is 10. The predicted molar refractivity (Wildman–Crippen MR) is 135 cm³/mol. The molecule has 0 spiro atoms. The van der Waals surface area contributed by atoms with Crippen molar-refractivity contribution in [3.05, 3.63) is 66.3 Å². The van der Waals surface area contributed by atoms with Gasteiger partial charge in [0.05, 0.1) is 31.9 Å². The van der Waals surface area contributed by atoms with Gasteiger partial charge in [-0.05, 0) is 31.2 Å². The largest absolute Gasteiger partial charge is 0.494 e. The van der Waals surface area contributed by atoms with Gasteiger partial charge in [0.1, 0.15) is 40.3 Å². The number of nitrogens with zero attached hydrogens (tertiary/aromatic N) is 6. The van der Waals surface area contributed by atoms with Crippen molar-refractivity contribution in [1.82, 2.24) is 29.7 Å². The molecule has 1 aromatic carbocycles. The van der Waals surface area contributed by atoms with Crippen LogP contribution in [-0.4, -0.2) is 64.7 Å². The Morgan fingerprint density at radius 1 is 1.03 bits per heavy atom. The monoisotopic (exact) mass is 527 g/mol. The average Bonchev–Trinajstić information content (AvgIpc) is 3.31. The lowest BCUT2D eigenvalue weighted by molar-refractivity contribution is 0.390. The minimum atomic E-state index is -3.78. The third-order valence-electron chi connectivity index (χ3n) is 5.68. The second-order valence-electron chi connectivity index (χ2n) is 8.08. The van der Waals surface area contributed by atoms with Crippen LogP contribution in [0.2, 0.25) is 0 Å². The first-order chi connectivity index (χ1) is 17.8. The lowest BCUT2D eigenvalue weighted by atomic mass is 10.2. The van der Waals surface area contributed by atoms with Gasteiger partial charge in [-0.15, -0.1) is 10.2 Å². The van der Waals surface area contributed by atoms with E-state index in [-0.39, 0.29) is 18.1 Å². The van der Waals surface area contributed by atoms with Crippen LogP contribution in [0.15, 0.2) is 48.8 Å². The summed E-state index contributed by atoms with van der Waals surface area (Å²) < 4.78 is 52.7. The van der Waals surface area contributed by atoms with Gasteiger partial charge in [-0.25, -0.2) is 27.8 Å². The van der Waals surface area contributed by atoms with Crippen LogP contribution in [0.25, 0.3) is 17.2 Å². The van der Waals surface area contributed by atoms with Crippen molar-refractivity contribution in [3.8, 4) is 28.7 Å². The molecule has 0 unspecified atom stereocenters. The van der Waals surface area contributed by atoms with Crippen molar-refractivity contribution in [2.45, 2.75) is 24.3 Å². The molecule has 0 bridgehead atoms. The van der Waals surface area contributed by atoms with E-state index in [9.17, 15) is 12.8 Å². The number of para-hydroxylation sites is 1. The molecule has 4 rings (SSSR count). The molecule has 11 nitrogen and oxygen atoms in total. The third kappa shape index (κ3) is 5.50. The maximum Gasteiger partial charge on any atom is 0.187 e. The zero-order chi connectivity index (χ0) is 26.6. The molecule has 0 saturated heterocycles. The minimum absolute atomic E-state index is 0.00730. The first kappa shape index (κ1) is 25.9. The minimum Gasteiger partial charge on any atom is -0.494 e. The van der Waals surface area contributed by atoms with E-state index in [0.29, 0.717) is 34.5 Å². The lowest BCUT2D eigenvalue weighted by Crippen LogP contribution is -2.24. The number of aromatic nitrogens is 6. The second-order valence-corrected chi connectivity index (χ2v) is 10.5. The van der Waals surface area contributed by atoms with Crippen LogP contribution < -0.4 is 14.8 Å². The van der Waals surface area contributed by atoms with Crippen LogP contribution in [0.3, 0.4) is 0 Å². The van der Waals surface area contributed by atoms with E-state index in [1.165, 1.54) is 14.2 Å². The summed E-state index contributed by atoms with van der Waals surface area (Å²) in [5, 5.41) is 10.7.